The van der Waals surface area contributed by atoms with E-state index < -0.39 is 5.97 Å². The molecule has 0 aliphatic carbocycles. The Kier molecular flexibility index (Phi) is 2.93. The van der Waals surface area contributed by atoms with Gasteiger partial charge in [-0.15, -0.1) is 0 Å². The minimum Gasteiger partial charge on any atom is -0.497 e. The minimum absolute atomic E-state index is 0.189. The second-order valence-corrected chi connectivity index (χ2v) is 3.55. The molecule has 2 rings (SSSR count). The highest BCUT2D eigenvalue weighted by Crippen LogP contribution is 2.23. The van der Waals surface area contributed by atoms with E-state index in [1.807, 2.05) is 0 Å². The zero-order chi connectivity index (χ0) is 12.4. The summed E-state index contributed by atoms with van der Waals surface area (Å²) in [6.45, 7) is 0.211. The number of fused-ring (bicyclic) bond motifs is 1. The number of hydrogen-bond donors (Lipinski definition) is 2. The third-order valence-electron chi connectivity index (χ3n) is 2.51. The Hall–Kier alpha value is -2.14. The maximum absolute atomic E-state index is 11.2. The van der Waals surface area contributed by atoms with Gasteiger partial charge < -0.3 is 15.6 Å². The predicted octanol–water partition coefficient (Wildman–Crippen LogP) is 1.40. The molecule has 0 radical (unpaired) electrons. The third kappa shape index (κ3) is 2.05. The van der Waals surface area contributed by atoms with E-state index in [0.717, 1.165) is 0 Å². The lowest BCUT2D eigenvalue weighted by atomic mass is 10.1. The lowest BCUT2D eigenvalue weighted by Gasteiger charge is -2.07. The molecule has 1 heterocycles. The molecule has 0 amide bonds. The van der Waals surface area contributed by atoms with Crippen LogP contribution in [0.25, 0.3) is 10.9 Å². The van der Waals surface area contributed by atoms with Crippen molar-refractivity contribution in [3.05, 3.63) is 35.5 Å². The summed E-state index contributed by atoms with van der Waals surface area (Å²) in [5.74, 6) is -0.400. The number of hydrogen-bond acceptors (Lipinski definition) is 4. The number of pyridine rings is 1. The maximum Gasteiger partial charge on any atom is 0.336 e. The highest BCUT2D eigenvalue weighted by atomic mass is 16.5. The summed E-state index contributed by atoms with van der Waals surface area (Å²) in [6, 6.07) is 6.61. The van der Waals surface area contributed by atoms with Crippen LogP contribution in [0.1, 0.15) is 16.1 Å². The fourth-order valence-corrected chi connectivity index (χ4v) is 1.67. The molecule has 1 aromatic carbocycles. The number of rotatable bonds is 3. The van der Waals surface area contributed by atoms with Gasteiger partial charge in [0.05, 0.1) is 23.9 Å². The molecule has 0 saturated heterocycles. The van der Waals surface area contributed by atoms with Crippen LogP contribution in [0.15, 0.2) is 24.3 Å². The average molecular weight is 232 g/mol. The Morgan fingerprint density at radius 1 is 1.47 bits per heavy atom. The van der Waals surface area contributed by atoms with E-state index in [0.29, 0.717) is 22.3 Å². The lowest BCUT2D eigenvalue weighted by Crippen LogP contribution is -2.05. The predicted molar refractivity (Wildman–Crippen MR) is 63.1 cm³/mol. The van der Waals surface area contributed by atoms with Gasteiger partial charge in [-0.05, 0) is 24.3 Å². The summed E-state index contributed by atoms with van der Waals surface area (Å²) >= 11 is 0. The van der Waals surface area contributed by atoms with Crippen molar-refractivity contribution in [2.75, 3.05) is 7.11 Å². The van der Waals surface area contributed by atoms with Crippen LogP contribution in [-0.4, -0.2) is 23.2 Å². The van der Waals surface area contributed by atoms with Crippen LogP contribution in [0.4, 0.5) is 0 Å². The van der Waals surface area contributed by atoms with Crippen LogP contribution < -0.4 is 10.5 Å². The van der Waals surface area contributed by atoms with Crippen LogP contribution in [0, 0.1) is 0 Å². The molecule has 0 bridgehead atoms. The number of nitrogens with two attached hydrogens (primary N) is 1. The van der Waals surface area contributed by atoms with E-state index in [2.05, 4.69) is 4.98 Å². The van der Waals surface area contributed by atoms with Gasteiger partial charge in [-0.3, -0.25) is 4.98 Å². The van der Waals surface area contributed by atoms with E-state index >= 15 is 0 Å². The van der Waals surface area contributed by atoms with Crippen LogP contribution in [0.5, 0.6) is 5.75 Å². The van der Waals surface area contributed by atoms with Crippen LogP contribution in [0.3, 0.4) is 0 Å². The maximum atomic E-state index is 11.2. The Labute approximate surface area is 97.8 Å². The first-order valence-electron chi connectivity index (χ1n) is 5.06. The van der Waals surface area contributed by atoms with Gasteiger partial charge in [-0.1, -0.05) is 0 Å². The Balaban J connectivity index is 2.77. The number of aromatic nitrogens is 1. The molecular weight excluding hydrogens is 220 g/mol. The molecule has 5 nitrogen and oxygen atoms in total. The number of carbonyl (C=O) groups is 1. The lowest BCUT2D eigenvalue weighted by molar-refractivity contribution is 0.0699. The van der Waals surface area contributed by atoms with Gasteiger partial charge >= 0.3 is 5.97 Å². The highest BCUT2D eigenvalue weighted by molar-refractivity contribution is 6.03. The monoisotopic (exact) mass is 232 g/mol. The van der Waals surface area contributed by atoms with Crippen molar-refractivity contribution in [3.8, 4) is 5.75 Å². The van der Waals surface area contributed by atoms with Crippen molar-refractivity contribution in [2.24, 2.45) is 5.73 Å². The SMILES string of the molecule is COc1ccc2nc(CN)cc(C(=O)O)c2c1. The Bertz CT molecular complexity index is 581. The molecule has 0 saturated carbocycles. The zero-order valence-corrected chi connectivity index (χ0v) is 9.30. The molecule has 17 heavy (non-hydrogen) atoms. The Morgan fingerprint density at radius 3 is 2.82 bits per heavy atom. The molecule has 3 N–H and O–H groups in total. The molecule has 5 heteroatoms. The summed E-state index contributed by atoms with van der Waals surface area (Å²) in [5.41, 5.74) is 6.83. The molecule has 0 aliphatic heterocycles. The highest BCUT2D eigenvalue weighted by Gasteiger charge is 2.12. The second kappa shape index (κ2) is 4.39. The summed E-state index contributed by atoms with van der Waals surface area (Å²) in [4.78, 5) is 15.4. The first-order valence-corrected chi connectivity index (χ1v) is 5.06. The Morgan fingerprint density at radius 2 is 2.24 bits per heavy atom. The number of carboxylic acid groups (broad SMARTS) is 1. The van der Waals surface area contributed by atoms with Crippen molar-refractivity contribution in [3.63, 3.8) is 0 Å². The van der Waals surface area contributed by atoms with Gasteiger partial charge in [0, 0.05) is 11.9 Å². The number of carboxylic acids is 1. The standard InChI is InChI=1S/C12H12N2O3/c1-17-8-2-3-11-9(5-8)10(12(15)16)4-7(6-13)14-11/h2-5H,6,13H2,1H3,(H,15,16). The normalized spacial score (nSPS) is 10.5. The molecular formula is C12H12N2O3. The van der Waals surface area contributed by atoms with Gasteiger partial charge in [0.2, 0.25) is 0 Å². The van der Waals surface area contributed by atoms with E-state index in [4.69, 9.17) is 15.6 Å². The van der Waals surface area contributed by atoms with Crippen molar-refractivity contribution in [1.29, 1.82) is 0 Å². The largest absolute Gasteiger partial charge is 0.497 e. The fraction of sp³-hybridized carbons (Fsp3) is 0.167. The second-order valence-electron chi connectivity index (χ2n) is 3.55. The zero-order valence-electron chi connectivity index (χ0n) is 9.30. The van der Waals surface area contributed by atoms with E-state index in [-0.39, 0.29) is 12.1 Å². The topological polar surface area (TPSA) is 85.4 Å². The van der Waals surface area contributed by atoms with Gasteiger partial charge in [0.1, 0.15) is 5.75 Å². The number of methoxy groups -OCH3 is 1. The summed E-state index contributed by atoms with van der Waals surface area (Å²) in [7, 11) is 1.53. The molecule has 2 aromatic rings. The molecule has 0 unspecified atom stereocenters. The minimum atomic E-state index is -1.000. The van der Waals surface area contributed by atoms with Crippen molar-refractivity contribution < 1.29 is 14.6 Å². The van der Waals surface area contributed by atoms with Gasteiger partial charge in [-0.25, -0.2) is 4.79 Å². The van der Waals surface area contributed by atoms with E-state index in [9.17, 15) is 4.79 Å². The molecule has 0 fully saturated rings. The quantitative estimate of drug-likeness (QED) is 0.835. The van der Waals surface area contributed by atoms with Crippen LogP contribution in [0.2, 0.25) is 0 Å². The molecule has 1 aromatic heterocycles. The van der Waals surface area contributed by atoms with Crippen LogP contribution >= 0.6 is 0 Å². The van der Waals surface area contributed by atoms with E-state index in [1.165, 1.54) is 13.2 Å². The summed E-state index contributed by atoms with van der Waals surface area (Å²) in [5, 5.41) is 9.71. The van der Waals surface area contributed by atoms with Crippen LogP contribution in [-0.2, 0) is 6.54 Å². The first-order chi connectivity index (χ1) is 8.15. The van der Waals surface area contributed by atoms with Gasteiger partial charge in [-0.2, -0.15) is 0 Å². The van der Waals surface area contributed by atoms with E-state index in [1.54, 1.807) is 18.2 Å². The number of aromatic carboxylic acids is 1. The summed E-state index contributed by atoms with van der Waals surface area (Å²) < 4.78 is 5.07. The summed E-state index contributed by atoms with van der Waals surface area (Å²) in [6.07, 6.45) is 0. The molecule has 0 spiro atoms. The number of benzene rings is 1. The van der Waals surface area contributed by atoms with Gasteiger partial charge in [0.15, 0.2) is 0 Å². The number of ether oxygens (including phenoxy) is 1. The first kappa shape index (κ1) is 11.3. The smallest absolute Gasteiger partial charge is 0.336 e. The molecule has 0 aliphatic rings. The van der Waals surface area contributed by atoms with Crippen molar-refractivity contribution in [2.45, 2.75) is 6.54 Å². The molecule has 0 atom stereocenters. The van der Waals surface area contributed by atoms with Crippen molar-refractivity contribution in [1.82, 2.24) is 4.98 Å². The average Bonchev–Trinajstić information content (AvgIpc) is 2.36. The third-order valence-corrected chi connectivity index (χ3v) is 2.51. The molecule has 88 valence electrons. The van der Waals surface area contributed by atoms with Gasteiger partial charge in [0.25, 0.3) is 0 Å². The number of nitrogens with zero attached hydrogens (tertiary/aromatic N) is 1. The van der Waals surface area contributed by atoms with Crippen molar-refractivity contribution >= 4 is 16.9 Å². The fourth-order valence-electron chi connectivity index (χ4n) is 1.67.